The Hall–Kier alpha value is -1.40. The van der Waals surface area contributed by atoms with E-state index in [2.05, 4.69) is 9.89 Å². The number of thioether (sulfide) groups is 1. The van der Waals surface area contributed by atoms with Crippen LogP contribution in [0.25, 0.3) is 0 Å². The molecule has 1 aliphatic heterocycles. The van der Waals surface area contributed by atoms with E-state index in [4.69, 9.17) is 15.2 Å². The molecule has 0 saturated carbocycles. The van der Waals surface area contributed by atoms with Crippen molar-refractivity contribution in [3.63, 3.8) is 0 Å². The second-order valence-corrected chi connectivity index (χ2v) is 5.96. The van der Waals surface area contributed by atoms with Crippen LogP contribution in [-0.2, 0) is 11.3 Å². The highest BCUT2D eigenvalue weighted by Crippen LogP contribution is 2.12. The van der Waals surface area contributed by atoms with Crippen molar-refractivity contribution >= 4 is 17.7 Å². The fraction of sp³-hybridized carbons (Fsp3) is 0.533. The normalized spacial score (nSPS) is 16.0. The summed E-state index contributed by atoms with van der Waals surface area (Å²) >= 11 is 1.96. The molecule has 0 spiro atoms. The number of hydrogen-bond donors (Lipinski definition) is 1. The summed E-state index contributed by atoms with van der Waals surface area (Å²) in [7, 11) is 1.66. The Morgan fingerprint density at radius 3 is 2.67 bits per heavy atom. The van der Waals surface area contributed by atoms with Crippen LogP contribution in [0.5, 0.6) is 5.75 Å². The van der Waals surface area contributed by atoms with Crippen molar-refractivity contribution in [2.24, 2.45) is 10.7 Å². The van der Waals surface area contributed by atoms with Gasteiger partial charge in [0.2, 0.25) is 0 Å². The van der Waals surface area contributed by atoms with Crippen LogP contribution in [0.1, 0.15) is 5.56 Å². The Morgan fingerprint density at radius 1 is 1.29 bits per heavy atom. The maximum atomic E-state index is 5.97. The molecule has 2 rings (SSSR count). The molecule has 1 heterocycles. The summed E-state index contributed by atoms with van der Waals surface area (Å²) in [6, 6.07) is 7.87. The quantitative estimate of drug-likeness (QED) is 0.491. The molecule has 0 aromatic heterocycles. The van der Waals surface area contributed by atoms with E-state index >= 15 is 0 Å². The van der Waals surface area contributed by atoms with E-state index in [0.717, 1.165) is 35.9 Å². The largest absolute Gasteiger partial charge is 0.497 e. The van der Waals surface area contributed by atoms with Crippen LogP contribution in [0.2, 0.25) is 0 Å². The first-order valence-electron chi connectivity index (χ1n) is 7.13. The number of nitrogens with zero attached hydrogens (tertiary/aromatic N) is 2. The average Bonchev–Trinajstić information content (AvgIpc) is 2.55. The van der Waals surface area contributed by atoms with Gasteiger partial charge in [0.1, 0.15) is 5.75 Å². The van der Waals surface area contributed by atoms with E-state index in [0.29, 0.717) is 25.7 Å². The number of guanidine groups is 1. The summed E-state index contributed by atoms with van der Waals surface area (Å²) in [5, 5.41) is 0. The van der Waals surface area contributed by atoms with Crippen molar-refractivity contribution in [2.75, 3.05) is 44.9 Å². The molecule has 0 aliphatic carbocycles. The number of hydrogen-bond acceptors (Lipinski definition) is 4. The first-order chi connectivity index (χ1) is 10.3. The van der Waals surface area contributed by atoms with Gasteiger partial charge >= 0.3 is 0 Å². The average molecular weight is 309 g/mol. The Bertz CT molecular complexity index is 445. The van der Waals surface area contributed by atoms with Gasteiger partial charge in [-0.25, -0.2) is 0 Å². The van der Waals surface area contributed by atoms with Crippen molar-refractivity contribution in [1.29, 1.82) is 0 Å². The summed E-state index contributed by atoms with van der Waals surface area (Å²) in [6.45, 7) is 3.75. The second kappa shape index (κ2) is 8.79. The van der Waals surface area contributed by atoms with Crippen molar-refractivity contribution in [3.8, 4) is 5.75 Å². The number of rotatable bonds is 6. The summed E-state index contributed by atoms with van der Waals surface area (Å²) in [5.41, 5.74) is 7.10. The molecular weight excluding hydrogens is 286 g/mol. The zero-order chi connectivity index (χ0) is 14.9. The van der Waals surface area contributed by atoms with E-state index in [1.807, 2.05) is 36.0 Å². The molecule has 0 radical (unpaired) electrons. The van der Waals surface area contributed by atoms with E-state index in [1.54, 1.807) is 7.11 Å². The molecule has 5 nitrogen and oxygen atoms in total. The molecule has 1 saturated heterocycles. The Labute approximate surface area is 130 Å². The molecule has 0 atom stereocenters. The van der Waals surface area contributed by atoms with Crippen molar-refractivity contribution in [3.05, 3.63) is 29.8 Å². The zero-order valence-corrected chi connectivity index (χ0v) is 13.3. The third-order valence-corrected chi connectivity index (χ3v) is 4.21. The van der Waals surface area contributed by atoms with Gasteiger partial charge in [-0.1, -0.05) is 12.1 Å². The van der Waals surface area contributed by atoms with Crippen LogP contribution in [0.3, 0.4) is 0 Å². The van der Waals surface area contributed by atoms with Gasteiger partial charge in [-0.3, -0.25) is 4.99 Å². The molecule has 0 unspecified atom stereocenters. The van der Waals surface area contributed by atoms with Gasteiger partial charge < -0.3 is 20.1 Å². The fourth-order valence-corrected chi connectivity index (χ4v) is 2.93. The van der Waals surface area contributed by atoms with Gasteiger partial charge in [0.05, 0.1) is 26.9 Å². The third kappa shape index (κ3) is 5.47. The minimum absolute atomic E-state index is 0.579. The van der Waals surface area contributed by atoms with Gasteiger partial charge in [0, 0.05) is 24.6 Å². The molecular formula is C15H23N3O2S. The van der Waals surface area contributed by atoms with E-state index in [1.165, 1.54) is 0 Å². The van der Waals surface area contributed by atoms with E-state index in [-0.39, 0.29) is 0 Å². The lowest BCUT2D eigenvalue weighted by Gasteiger charge is -2.27. The molecule has 2 N–H and O–H groups in total. The van der Waals surface area contributed by atoms with Gasteiger partial charge in [-0.2, -0.15) is 11.8 Å². The number of methoxy groups -OCH3 is 1. The maximum absolute atomic E-state index is 5.97. The van der Waals surface area contributed by atoms with Crippen LogP contribution < -0.4 is 10.5 Å². The zero-order valence-electron chi connectivity index (χ0n) is 12.5. The summed E-state index contributed by atoms with van der Waals surface area (Å²) < 4.78 is 10.7. The topological polar surface area (TPSA) is 60.1 Å². The Kier molecular flexibility index (Phi) is 6.69. The van der Waals surface area contributed by atoms with Gasteiger partial charge in [0.25, 0.3) is 0 Å². The first-order valence-corrected chi connectivity index (χ1v) is 8.28. The smallest absolute Gasteiger partial charge is 0.191 e. The van der Waals surface area contributed by atoms with Gasteiger partial charge in [-0.05, 0) is 17.7 Å². The monoisotopic (exact) mass is 309 g/mol. The van der Waals surface area contributed by atoms with E-state index in [9.17, 15) is 0 Å². The Morgan fingerprint density at radius 2 is 2.00 bits per heavy atom. The van der Waals surface area contributed by atoms with Crippen LogP contribution >= 0.6 is 11.8 Å². The van der Waals surface area contributed by atoms with Crippen LogP contribution in [-0.4, -0.2) is 55.7 Å². The minimum atomic E-state index is 0.579. The molecule has 1 fully saturated rings. The van der Waals surface area contributed by atoms with Crippen LogP contribution in [0, 0.1) is 0 Å². The number of aliphatic imine (C=N–C) groups is 1. The highest BCUT2D eigenvalue weighted by atomic mass is 32.2. The Balaban J connectivity index is 1.64. The van der Waals surface area contributed by atoms with E-state index < -0.39 is 0 Å². The number of benzene rings is 1. The van der Waals surface area contributed by atoms with Crippen LogP contribution in [0.4, 0.5) is 0 Å². The van der Waals surface area contributed by atoms with Gasteiger partial charge in [-0.15, -0.1) is 0 Å². The molecule has 0 bridgehead atoms. The lowest BCUT2D eigenvalue weighted by molar-refractivity contribution is 0.128. The summed E-state index contributed by atoms with van der Waals surface area (Å²) in [5.74, 6) is 3.76. The van der Waals surface area contributed by atoms with Crippen molar-refractivity contribution in [2.45, 2.75) is 6.61 Å². The highest BCUT2D eigenvalue weighted by molar-refractivity contribution is 7.99. The van der Waals surface area contributed by atoms with Crippen LogP contribution in [0.15, 0.2) is 29.3 Å². The predicted octanol–water partition coefficient (Wildman–Crippen LogP) is 1.58. The van der Waals surface area contributed by atoms with Crippen molar-refractivity contribution < 1.29 is 9.47 Å². The first kappa shape index (κ1) is 16.0. The predicted molar refractivity (Wildman–Crippen MR) is 88.0 cm³/mol. The standard InChI is InChI=1S/C15H23N3O2S/c1-19-14-4-2-13(3-5-14)12-20-9-6-17-15(16)18-7-10-21-11-8-18/h2-5H,6-12H2,1H3,(H2,16,17). The van der Waals surface area contributed by atoms with Crippen molar-refractivity contribution in [1.82, 2.24) is 4.90 Å². The summed E-state index contributed by atoms with van der Waals surface area (Å²) in [6.07, 6.45) is 0. The molecule has 6 heteroatoms. The minimum Gasteiger partial charge on any atom is -0.497 e. The fourth-order valence-electron chi connectivity index (χ4n) is 2.03. The summed E-state index contributed by atoms with van der Waals surface area (Å²) in [4.78, 5) is 6.51. The SMILES string of the molecule is COc1ccc(COCCN=C(N)N2CCSCC2)cc1. The highest BCUT2D eigenvalue weighted by Gasteiger charge is 2.11. The lowest BCUT2D eigenvalue weighted by atomic mass is 10.2. The molecule has 116 valence electrons. The second-order valence-electron chi connectivity index (χ2n) is 4.74. The molecule has 0 amide bonds. The maximum Gasteiger partial charge on any atom is 0.191 e. The number of nitrogens with two attached hydrogens (primary N) is 1. The molecule has 1 aliphatic rings. The molecule has 21 heavy (non-hydrogen) atoms. The molecule has 1 aromatic carbocycles. The third-order valence-electron chi connectivity index (χ3n) is 3.27. The number of ether oxygens (including phenoxy) is 2. The lowest BCUT2D eigenvalue weighted by Crippen LogP contribution is -2.42. The van der Waals surface area contributed by atoms with Gasteiger partial charge in [0.15, 0.2) is 5.96 Å². The molecule has 1 aromatic rings.